The van der Waals surface area contributed by atoms with Crippen LogP contribution in [0.2, 0.25) is 5.02 Å². The molecule has 3 heterocycles. The minimum absolute atomic E-state index is 0.364. The topological polar surface area (TPSA) is 98.8 Å². The summed E-state index contributed by atoms with van der Waals surface area (Å²) in [6.07, 6.45) is 0. The van der Waals surface area contributed by atoms with E-state index in [2.05, 4.69) is 15.1 Å². The zero-order chi connectivity index (χ0) is 29.4. The van der Waals surface area contributed by atoms with Gasteiger partial charge >= 0.3 is 5.69 Å². The van der Waals surface area contributed by atoms with Gasteiger partial charge in [0.05, 0.1) is 31.5 Å². The zero-order valence-corrected chi connectivity index (χ0v) is 25.2. The van der Waals surface area contributed by atoms with Gasteiger partial charge in [0, 0.05) is 52.4 Å². The highest BCUT2D eigenvalue weighted by Crippen LogP contribution is 2.36. The van der Waals surface area contributed by atoms with Gasteiger partial charge in [0.1, 0.15) is 11.5 Å². The van der Waals surface area contributed by atoms with Gasteiger partial charge in [-0.25, -0.2) is 4.79 Å². The van der Waals surface area contributed by atoms with Crippen molar-refractivity contribution < 1.29 is 9.47 Å². The third kappa shape index (κ3) is 5.36. The molecule has 1 fully saturated rings. The summed E-state index contributed by atoms with van der Waals surface area (Å²) < 4.78 is 15.3. The summed E-state index contributed by atoms with van der Waals surface area (Å²) >= 11 is 12.0. The summed E-state index contributed by atoms with van der Waals surface area (Å²) in [7, 11) is 6.25. The van der Waals surface area contributed by atoms with E-state index < -0.39 is 5.69 Å². The van der Waals surface area contributed by atoms with Crippen LogP contribution >= 0.6 is 23.8 Å². The quantitative estimate of drug-likeness (QED) is 0.336. The molecule has 1 aliphatic heterocycles. The molecule has 1 N–H and O–H groups in total. The molecule has 0 unspecified atom stereocenters. The summed E-state index contributed by atoms with van der Waals surface area (Å²) in [5, 5.41) is 4.24. The van der Waals surface area contributed by atoms with Crippen molar-refractivity contribution in [1.29, 1.82) is 0 Å². The van der Waals surface area contributed by atoms with Crippen LogP contribution in [0.3, 0.4) is 0 Å². The summed E-state index contributed by atoms with van der Waals surface area (Å²) in [5.41, 5.74) is 2.81. The first-order valence-corrected chi connectivity index (χ1v) is 13.9. The molecule has 2 aromatic heterocycles. The van der Waals surface area contributed by atoms with Crippen molar-refractivity contribution in [3.8, 4) is 11.5 Å². The molecule has 0 spiro atoms. The molecule has 11 nitrogen and oxygen atoms in total. The Hall–Kier alpha value is -4.03. The van der Waals surface area contributed by atoms with E-state index >= 15 is 0 Å². The maximum atomic E-state index is 13.3. The number of fused-ring (bicyclic) bond motifs is 1. The lowest BCUT2D eigenvalue weighted by atomic mass is 10.1. The van der Waals surface area contributed by atoms with Crippen LogP contribution in [-0.2, 0) is 20.6 Å². The Balaban J connectivity index is 1.42. The molecule has 0 radical (unpaired) electrons. The minimum atomic E-state index is -0.412. The van der Waals surface area contributed by atoms with Crippen LogP contribution in [0, 0.1) is 6.92 Å². The Bertz CT molecular complexity index is 1740. The van der Waals surface area contributed by atoms with E-state index in [4.69, 9.17) is 38.3 Å². The number of hydrogen-bond acceptors (Lipinski definition) is 7. The van der Waals surface area contributed by atoms with Crippen LogP contribution in [0.25, 0.3) is 11.2 Å². The smallest absolute Gasteiger partial charge is 0.332 e. The predicted octanol–water partition coefficient (Wildman–Crippen LogP) is 2.98. The molecule has 0 bridgehead atoms. The SMILES string of the molecule is COc1cc(NC(=S)N2CCN(c3nc4c(c(=O)n(C)c(=O)n4C)n3Cc3ccc(C)cc3)CC2)c(OC)cc1Cl. The molecule has 41 heavy (non-hydrogen) atoms. The number of aryl methyl sites for hydroxylation is 2. The molecule has 0 saturated carbocycles. The number of thiocarbonyl (C=S) groups is 1. The average Bonchev–Trinajstić information content (AvgIpc) is 3.35. The number of halogens is 1. The maximum Gasteiger partial charge on any atom is 0.332 e. The summed E-state index contributed by atoms with van der Waals surface area (Å²) in [6.45, 7) is 4.92. The standard InChI is InChI=1S/C28H32ClN7O4S/c1-17-6-8-18(9-7-17)16-36-23-24(32(2)28(38)33(3)25(23)37)31-26(36)34-10-12-35(13-11-34)27(41)30-20-15-21(39-4)19(29)14-22(20)40-5/h6-9,14-15H,10-13,16H2,1-5H3,(H,30,41). The highest BCUT2D eigenvalue weighted by atomic mass is 35.5. The maximum absolute atomic E-state index is 13.3. The largest absolute Gasteiger partial charge is 0.495 e. The Morgan fingerprint density at radius 3 is 2.29 bits per heavy atom. The van der Waals surface area contributed by atoms with E-state index in [9.17, 15) is 9.59 Å². The molecular weight excluding hydrogens is 566 g/mol. The molecule has 1 aliphatic rings. The minimum Gasteiger partial charge on any atom is -0.495 e. The number of hydrogen-bond donors (Lipinski definition) is 1. The molecule has 1 saturated heterocycles. The van der Waals surface area contributed by atoms with Crippen molar-refractivity contribution in [2.75, 3.05) is 50.6 Å². The number of anilines is 2. The summed E-state index contributed by atoms with van der Waals surface area (Å²) in [4.78, 5) is 35.0. The second-order valence-electron chi connectivity index (χ2n) is 9.95. The van der Waals surface area contributed by atoms with Crippen LogP contribution in [0.1, 0.15) is 11.1 Å². The van der Waals surface area contributed by atoms with E-state index in [0.29, 0.717) is 77.2 Å². The Morgan fingerprint density at radius 1 is 1.00 bits per heavy atom. The van der Waals surface area contributed by atoms with Gasteiger partial charge in [0.2, 0.25) is 5.95 Å². The number of rotatable bonds is 6. The van der Waals surface area contributed by atoms with Gasteiger partial charge in [0.25, 0.3) is 5.56 Å². The Morgan fingerprint density at radius 2 is 1.66 bits per heavy atom. The van der Waals surface area contributed by atoms with E-state index in [0.717, 1.165) is 15.7 Å². The van der Waals surface area contributed by atoms with E-state index in [1.165, 1.54) is 11.6 Å². The molecule has 0 atom stereocenters. The number of benzene rings is 2. The second kappa shape index (κ2) is 11.5. The molecule has 216 valence electrons. The lowest BCUT2D eigenvalue weighted by molar-refractivity contribution is 0.385. The van der Waals surface area contributed by atoms with Crippen LogP contribution in [0.15, 0.2) is 46.0 Å². The number of nitrogens with zero attached hydrogens (tertiary/aromatic N) is 6. The third-order valence-corrected chi connectivity index (χ3v) is 8.01. The van der Waals surface area contributed by atoms with E-state index in [1.807, 2.05) is 35.8 Å². The lowest BCUT2D eigenvalue weighted by Crippen LogP contribution is -2.50. The first-order chi connectivity index (χ1) is 19.6. The highest BCUT2D eigenvalue weighted by molar-refractivity contribution is 7.80. The first-order valence-electron chi connectivity index (χ1n) is 13.1. The molecule has 0 aliphatic carbocycles. The average molecular weight is 598 g/mol. The first kappa shape index (κ1) is 28.5. The number of ether oxygens (including phenoxy) is 2. The Labute approximate surface area is 247 Å². The predicted molar refractivity (Wildman–Crippen MR) is 165 cm³/mol. The van der Waals surface area contributed by atoms with Gasteiger partial charge in [-0.15, -0.1) is 0 Å². The lowest BCUT2D eigenvalue weighted by Gasteiger charge is -2.37. The second-order valence-corrected chi connectivity index (χ2v) is 10.7. The van der Waals surface area contributed by atoms with Crippen molar-refractivity contribution in [3.63, 3.8) is 0 Å². The van der Waals surface area contributed by atoms with Gasteiger partial charge in [-0.3, -0.25) is 18.5 Å². The van der Waals surface area contributed by atoms with Crippen molar-refractivity contribution in [3.05, 3.63) is 73.4 Å². The fraction of sp³-hybridized carbons (Fsp3) is 0.357. The van der Waals surface area contributed by atoms with Crippen molar-refractivity contribution in [2.24, 2.45) is 14.1 Å². The van der Waals surface area contributed by atoms with Crippen molar-refractivity contribution in [2.45, 2.75) is 13.5 Å². The zero-order valence-electron chi connectivity index (χ0n) is 23.6. The van der Waals surface area contributed by atoms with Gasteiger partial charge in [-0.05, 0) is 24.7 Å². The molecule has 4 aromatic rings. The Kier molecular flexibility index (Phi) is 7.96. The third-order valence-electron chi connectivity index (χ3n) is 7.35. The molecular formula is C28H32ClN7O4S. The number of methoxy groups -OCH3 is 2. The van der Waals surface area contributed by atoms with E-state index in [1.54, 1.807) is 33.4 Å². The molecule has 5 rings (SSSR count). The van der Waals surface area contributed by atoms with Crippen LogP contribution in [-0.4, -0.2) is 69.1 Å². The number of piperazine rings is 1. The molecule has 2 aromatic carbocycles. The molecule has 13 heteroatoms. The van der Waals surface area contributed by atoms with Crippen LogP contribution < -0.4 is 30.9 Å². The van der Waals surface area contributed by atoms with Gasteiger partial charge < -0.3 is 24.6 Å². The molecule has 0 amide bonds. The summed E-state index contributed by atoms with van der Waals surface area (Å²) in [5.74, 6) is 1.70. The number of aromatic nitrogens is 4. The van der Waals surface area contributed by atoms with E-state index in [-0.39, 0.29) is 5.56 Å². The fourth-order valence-electron chi connectivity index (χ4n) is 4.96. The monoisotopic (exact) mass is 597 g/mol. The van der Waals surface area contributed by atoms with Crippen molar-refractivity contribution >= 4 is 51.7 Å². The fourth-order valence-corrected chi connectivity index (χ4v) is 5.49. The van der Waals surface area contributed by atoms with Gasteiger partial charge in [-0.2, -0.15) is 4.98 Å². The van der Waals surface area contributed by atoms with Gasteiger partial charge in [0.15, 0.2) is 16.3 Å². The van der Waals surface area contributed by atoms with Crippen LogP contribution in [0.5, 0.6) is 11.5 Å². The summed E-state index contributed by atoms with van der Waals surface area (Å²) in [6, 6.07) is 11.6. The van der Waals surface area contributed by atoms with Crippen molar-refractivity contribution in [1.82, 2.24) is 23.6 Å². The van der Waals surface area contributed by atoms with Crippen LogP contribution in [0.4, 0.5) is 11.6 Å². The highest BCUT2D eigenvalue weighted by Gasteiger charge is 2.27. The number of nitrogens with one attached hydrogen (secondary N) is 1. The normalized spacial score (nSPS) is 13.5. The number of imidazole rings is 1. The van der Waals surface area contributed by atoms with Gasteiger partial charge in [-0.1, -0.05) is 41.4 Å².